The van der Waals surface area contributed by atoms with Gasteiger partial charge < -0.3 is 20.4 Å². The highest BCUT2D eigenvalue weighted by molar-refractivity contribution is 5.66. The molecule has 0 aliphatic heterocycles. The van der Waals surface area contributed by atoms with E-state index in [9.17, 15) is 20.1 Å². The van der Waals surface area contributed by atoms with Crippen molar-refractivity contribution >= 4 is 5.97 Å². The first-order valence-corrected chi connectivity index (χ1v) is 9.56. The molecule has 5 nitrogen and oxygen atoms in total. The van der Waals surface area contributed by atoms with Crippen LogP contribution in [0.2, 0.25) is 0 Å². The molecular weight excluding hydrogens is 344 g/mol. The first-order valence-electron chi connectivity index (χ1n) is 9.56. The lowest BCUT2D eigenvalue weighted by molar-refractivity contribution is -0.137. The Morgan fingerprint density at radius 2 is 1.48 bits per heavy atom. The quantitative estimate of drug-likeness (QED) is 0.257. The number of carboxylic acids is 1. The lowest BCUT2D eigenvalue weighted by atomic mass is 10.1. The number of unbranched alkanes of at least 4 members (excludes halogenated alkanes) is 2. The van der Waals surface area contributed by atoms with Crippen molar-refractivity contribution in [2.75, 3.05) is 0 Å². The number of aliphatic hydroxyl groups excluding tert-OH is 3. The van der Waals surface area contributed by atoms with Crippen LogP contribution in [-0.2, 0) is 4.79 Å². The first kappa shape index (κ1) is 25.1. The Hall–Kier alpha value is -1.95. The Balaban J connectivity index is 3.93. The summed E-state index contributed by atoms with van der Waals surface area (Å²) in [6.45, 7) is 2.14. The predicted molar refractivity (Wildman–Crippen MR) is 109 cm³/mol. The zero-order valence-electron chi connectivity index (χ0n) is 16.2. The molecule has 5 heteroatoms. The Kier molecular flexibility index (Phi) is 16.2. The van der Waals surface area contributed by atoms with Crippen molar-refractivity contribution in [2.45, 2.75) is 70.2 Å². The minimum Gasteiger partial charge on any atom is -0.481 e. The van der Waals surface area contributed by atoms with Gasteiger partial charge in [0.1, 0.15) is 0 Å². The normalized spacial score (nSPS) is 16.3. The van der Waals surface area contributed by atoms with Crippen LogP contribution in [0.1, 0.15) is 51.9 Å². The molecule has 27 heavy (non-hydrogen) atoms. The largest absolute Gasteiger partial charge is 0.481 e. The van der Waals surface area contributed by atoms with E-state index in [-0.39, 0.29) is 18.9 Å². The summed E-state index contributed by atoms with van der Waals surface area (Å²) in [6, 6.07) is 0. The summed E-state index contributed by atoms with van der Waals surface area (Å²) in [5, 5.41) is 37.4. The molecule has 0 amide bonds. The highest BCUT2D eigenvalue weighted by Crippen LogP contribution is 2.05. The molecule has 3 atom stereocenters. The fourth-order valence-corrected chi connectivity index (χ4v) is 2.16. The molecular formula is C22H34O5. The third kappa shape index (κ3) is 17.2. The van der Waals surface area contributed by atoms with Gasteiger partial charge in [0.2, 0.25) is 0 Å². The molecule has 0 saturated heterocycles. The van der Waals surface area contributed by atoms with Crippen LogP contribution in [0.4, 0.5) is 0 Å². The number of hydrogen-bond donors (Lipinski definition) is 4. The SMILES string of the molecule is CCCCCC(O)/C=C\C=C/C\C=C/C=C/C=C/C(O)C(O)CCC(=O)O. The second-order valence-corrected chi connectivity index (χ2v) is 6.30. The Morgan fingerprint density at radius 3 is 2.15 bits per heavy atom. The van der Waals surface area contributed by atoms with Gasteiger partial charge in [-0.2, -0.15) is 0 Å². The molecule has 0 radical (unpaired) electrons. The lowest BCUT2D eigenvalue weighted by Gasteiger charge is -2.12. The van der Waals surface area contributed by atoms with E-state index in [4.69, 9.17) is 5.11 Å². The van der Waals surface area contributed by atoms with E-state index in [1.807, 2.05) is 30.4 Å². The molecule has 0 aliphatic carbocycles. The summed E-state index contributed by atoms with van der Waals surface area (Å²) < 4.78 is 0. The van der Waals surface area contributed by atoms with E-state index in [1.165, 1.54) is 6.08 Å². The van der Waals surface area contributed by atoms with Gasteiger partial charge in [-0.1, -0.05) is 86.9 Å². The number of allylic oxidation sites excluding steroid dienone is 8. The van der Waals surface area contributed by atoms with Gasteiger partial charge in [-0.25, -0.2) is 0 Å². The average molecular weight is 379 g/mol. The minimum atomic E-state index is -1.08. The van der Waals surface area contributed by atoms with Crippen LogP contribution in [0.25, 0.3) is 0 Å². The number of carbonyl (C=O) groups is 1. The summed E-state index contributed by atoms with van der Waals surface area (Å²) in [6.07, 6.45) is 20.2. The third-order valence-electron chi connectivity index (χ3n) is 3.78. The number of aliphatic hydroxyl groups is 3. The van der Waals surface area contributed by atoms with Gasteiger partial charge in [-0.15, -0.1) is 0 Å². The van der Waals surface area contributed by atoms with Gasteiger partial charge in [-0.3, -0.25) is 4.79 Å². The molecule has 0 aliphatic rings. The first-order chi connectivity index (χ1) is 13.0. The third-order valence-corrected chi connectivity index (χ3v) is 3.78. The van der Waals surface area contributed by atoms with E-state index in [0.29, 0.717) is 0 Å². The van der Waals surface area contributed by atoms with E-state index >= 15 is 0 Å². The maximum atomic E-state index is 10.4. The van der Waals surface area contributed by atoms with Crippen molar-refractivity contribution < 1.29 is 25.2 Å². The second-order valence-electron chi connectivity index (χ2n) is 6.30. The van der Waals surface area contributed by atoms with E-state index in [2.05, 4.69) is 6.92 Å². The van der Waals surface area contributed by atoms with Crippen LogP contribution in [0.15, 0.2) is 60.8 Å². The van der Waals surface area contributed by atoms with E-state index in [0.717, 1.165) is 32.1 Å². The highest BCUT2D eigenvalue weighted by atomic mass is 16.4. The molecule has 0 aromatic rings. The molecule has 0 heterocycles. The summed E-state index contributed by atoms with van der Waals surface area (Å²) in [5.41, 5.74) is 0. The maximum Gasteiger partial charge on any atom is 0.303 e. The number of aliphatic carboxylic acids is 1. The summed E-state index contributed by atoms with van der Waals surface area (Å²) >= 11 is 0. The second kappa shape index (κ2) is 17.5. The minimum absolute atomic E-state index is 0.0149. The van der Waals surface area contributed by atoms with Crippen LogP contribution in [0.3, 0.4) is 0 Å². The van der Waals surface area contributed by atoms with Crippen molar-refractivity contribution in [3.05, 3.63) is 60.8 Å². The van der Waals surface area contributed by atoms with E-state index in [1.54, 1.807) is 24.3 Å². The predicted octanol–water partition coefficient (Wildman–Crippen LogP) is 3.69. The molecule has 0 saturated carbocycles. The van der Waals surface area contributed by atoms with Crippen LogP contribution in [-0.4, -0.2) is 44.7 Å². The van der Waals surface area contributed by atoms with Crippen LogP contribution < -0.4 is 0 Å². The molecule has 0 bridgehead atoms. The van der Waals surface area contributed by atoms with Gasteiger partial charge in [0.05, 0.1) is 18.3 Å². The fraction of sp³-hybridized carbons (Fsp3) is 0.500. The van der Waals surface area contributed by atoms with Crippen molar-refractivity contribution in [3.8, 4) is 0 Å². The van der Waals surface area contributed by atoms with Gasteiger partial charge in [0.25, 0.3) is 0 Å². The summed E-state index contributed by atoms with van der Waals surface area (Å²) in [5.74, 6) is -0.997. The van der Waals surface area contributed by atoms with Crippen molar-refractivity contribution in [2.24, 2.45) is 0 Å². The standard InChI is InChI=1S/C22H34O5/c1-2-3-11-14-19(23)15-12-9-7-5-4-6-8-10-13-16-20(24)21(25)17-18-22(26)27/h4,6-10,12-13,15-16,19-21,23-25H,2-3,5,11,14,17-18H2,1H3,(H,26,27)/b6-4-,9-7-,10-8+,15-12-,16-13+. The molecule has 0 fully saturated rings. The van der Waals surface area contributed by atoms with E-state index < -0.39 is 18.2 Å². The van der Waals surface area contributed by atoms with Crippen LogP contribution in [0, 0.1) is 0 Å². The molecule has 4 N–H and O–H groups in total. The summed E-state index contributed by atoms with van der Waals surface area (Å²) in [4.78, 5) is 10.4. The van der Waals surface area contributed by atoms with Gasteiger partial charge in [0, 0.05) is 6.42 Å². The zero-order chi connectivity index (χ0) is 20.3. The highest BCUT2D eigenvalue weighted by Gasteiger charge is 2.13. The monoisotopic (exact) mass is 378 g/mol. The summed E-state index contributed by atoms with van der Waals surface area (Å²) in [7, 11) is 0. The number of rotatable bonds is 15. The Morgan fingerprint density at radius 1 is 0.852 bits per heavy atom. The number of carboxylic acid groups (broad SMARTS) is 1. The van der Waals surface area contributed by atoms with Gasteiger partial charge >= 0.3 is 5.97 Å². The zero-order valence-corrected chi connectivity index (χ0v) is 16.2. The molecule has 152 valence electrons. The maximum absolute atomic E-state index is 10.4. The molecule has 0 aromatic heterocycles. The smallest absolute Gasteiger partial charge is 0.303 e. The Labute approximate surface area is 162 Å². The van der Waals surface area contributed by atoms with Crippen molar-refractivity contribution in [3.63, 3.8) is 0 Å². The van der Waals surface area contributed by atoms with Crippen LogP contribution in [0.5, 0.6) is 0 Å². The fourth-order valence-electron chi connectivity index (χ4n) is 2.16. The molecule has 0 rings (SSSR count). The Bertz CT molecular complexity index is 517. The lowest BCUT2D eigenvalue weighted by Crippen LogP contribution is -2.24. The van der Waals surface area contributed by atoms with Crippen molar-refractivity contribution in [1.82, 2.24) is 0 Å². The molecule has 3 unspecified atom stereocenters. The topological polar surface area (TPSA) is 98.0 Å². The van der Waals surface area contributed by atoms with Crippen molar-refractivity contribution in [1.29, 1.82) is 0 Å². The molecule has 0 spiro atoms. The number of hydrogen-bond acceptors (Lipinski definition) is 4. The van der Waals surface area contributed by atoms with Crippen LogP contribution >= 0.6 is 0 Å². The van der Waals surface area contributed by atoms with Gasteiger partial charge in [0.15, 0.2) is 0 Å². The van der Waals surface area contributed by atoms with Gasteiger partial charge in [-0.05, 0) is 19.3 Å². The average Bonchev–Trinajstić information content (AvgIpc) is 2.64. The molecule has 0 aromatic carbocycles.